The van der Waals surface area contributed by atoms with Gasteiger partial charge in [0.05, 0.1) is 11.6 Å². The summed E-state index contributed by atoms with van der Waals surface area (Å²) in [6.45, 7) is 2.26. The number of carbonyl (C=O) groups excluding carboxylic acids is 1. The lowest BCUT2D eigenvalue weighted by Gasteiger charge is -2.14. The lowest BCUT2D eigenvalue weighted by molar-refractivity contribution is 0.172. The Balaban J connectivity index is 2.47. The van der Waals surface area contributed by atoms with Gasteiger partial charge in [-0.15, -0.1) is 0 Å². The second-order valence-electron chi connectivity index (χ2n) is 5.46. The molecule has 1 amide bonds. The smallest absolute Gasteiger partial charge is 0.414 e. The molecule has 0 saturated heterocycles. The molecule has 124 valence electrons. The number of benzene rings is 1. The van der Waals surface area contributed by atoms with E-state index in [0.717, 1.165) is 6.07 Å². The first-order valence-corrected chi connectivity index (χ1v) is 7.42. The molecule has 3 aromatic rings. The lowest BCUT2D eigenvalue weighted by atomic mass is 10.1. The summed E-state index contributed by atoms with van der Waals surface area (Å²) in [5, 5.41) is 0.680. The molecule has 0 aliphatic heterocycles. The SMILES string of the molecule is CCn1c(=O)c2c(OC(=O)N(C)C)cc(=O)oc2c2ccccc21. The number of para-hydroxylation sites is 1. The molecule has 0 N–H and O–H groups in total. The summed E-state index contributed by atoms with van der Waals surface area (Å²) >= 11 is 0. The molecular formula is C17H16N2O5. The summed E-state index contributed by atoms with van der Waals surface area (Å²) in [5.41, 5.74) is -0.301. The van der Waals surface area contributed by atoms with E-state index in [1.165, 1.54) is 19.0 Å². The summed E-state index contributed by atoms with van der Waals surface area (Å²) in [6.07, 6.45) is -0.683. The minimum absolute atomic E-state index is 0.0744. The predicted molar refractivity (Wildman–Crippen MR) is 89.6 cm³/mol. The van der Waals surface area contributed by atoms with Gasteiger partial charge in [0, 0.05) is 26.0 Å². The average Bonchev–Trinajstić information content (AvgIpc) is 2.54. The van der Waals surface area contributed by atoms with Crippen LogP contribution in [0.15, 0.2) is 44.3 Å². The number of carbonyl (C=O) groups is 1. The van der Waals surface area contributed by atoms with Gasteiger partial charge in [-0.25, -0.2) is 9.59 Å². The van der Waals surface area contributed by atoms with E-state index in [4.69, 9.17) is 9.15 Å². The van der Waals surface area contributed by atoms with Crippen molar-refractivity contribution in [3.63, 3.8) is 0 Å². The summed E-state index contributed by atoms with van der Waals surface area (Å²) < 4.78 is 12.0. The summed E-state index contributed by atoms with van der Waals surface area (Å²) in [5.74, 6) is -0.0992. The molecule has 7 nitrogen and oxygen atoms in total. The van der Waals surface area contributed by atoms with Gasteiger partial charge in [0.2, 0.25) is 0 Å². The van der Waals surface area contributed by atoms with Crippen LogP contribution in [0.5, 0.6) is 5.75 Å². The molecule has 0 spiro atoms. The lowest BCUT2D eigenvalue weighted by Crippen LogP contribution is -2.27. The molecule has 0 radical (unpaired) electrons. The molecule has 0 aliphatic rings. The number of fused-ring (bicyclic) bond motifs is 3. The molecule has 0 fully saturated rings. The Labute approximate surface area is 136 Å². The van der Waals surface area contributed by atoms with Gasteiger partial charge in [0.25, 0.3) is 5.56 Å². The third-order valence-corrected chi connectivity index (χ3v) is 3.70. The highest BCUT2D eigenvalue weighted by atomic mass is 16.6. The maximum absolute atomic E-state index is 12.9. The van der Waals surface area contributed by atoms with E-state index in [2.05, 4.69) is 0 Å². The van der Waals surface area contributed by atoms with Gasteiger partial charge in [-0.05, 0) is 19.1 Å². The van der Waals surface area contributed by atoms with E-state index in [1.54, 1.807) is 28.8 Å². The normalized spacial score (nSPS) is 11.0. The molecule has 0 aliphatic carbocycles. The number of amides is 1. The van der Waals surface area contributed by atoms with Crippen molar-refractivity contribution in [3.8, 4) is 5.75 Å². The van der Waals surface area contributed by atoms with Crippen LogP contribution in [-0.4, -0.2) is 29.7 Å². The Hall–Kier alpha value is -3.09. The van der Waals surface area contributed by atoms with Gasteiger partial charge in [0.1, 0.15) is 5.39 Å². The molecule has 7 heteroatoms. The third-order valence-electron chi connectivity index (χ3n) is 3.70. The first kappa shape index (κ1) is 15.8. The zero-order valence-electron chi connectivity index (χ0n) is 13.5. The van der Waals surface area contributed by atoms with E-state index in [-0.39, 0.29) is 22.3 Å². The van der Waals surface area contributed by atoms with Crippen LogP contribution in [0.3, 0.4) is 0 Å². The van der Waals surface area contributed by atoms with Crippen molar-refractivity contribution in [2.75, 3.05) is 14.1 Å². The number of nitrogens with zero attached hydrogens (tertiary/aromatic N) is 2. The first-order chi connectivity index (χ1) is 11.4. The summed E-state index contributed by atoms with van der Waals surface area (Å²) in [6, 6.07) is 8.13. The van der Waals surface area contributed by atoms with Gasteiger partial charge in [0.15, 0.2) is 11.3 Å². The number of hydrogen-bond acceptors (Lipinski definition) is 5. The maximum Gasteiger partial charge on any atom is 0.414 e. The van der Waals surface area contributed by atoms with Crippen LogP contribution in [0.25, 0.3) is 21.9 Å². The van der Waals surface area contributed by atoms with Crippen molar-refractivity contribution in [2.24, 2.45) is 0 Å². The second-order valence-corrected chi connectivity index (χ2v) is 5.46. The summed E-state index contributed by atoms with van der Waals surface area (Å²) in [4.78, 5) is 37.8. The molecule has 2 heterocycles. The fourth-order valence-corrected chi connectivity index (χ4v) is 2.59. The second kappa shape index (κ2) is 5.84. The van der Waals surface area contributed by atoms with Crippen LogP contribution in [0, 0.1) is 0 Å². The van der Waals surface area contributed by atoms with Crippen LogP contribution in [0.4, 0.5) is 4.79 Å². The van der Waals surface area contributed by atoms with Crippen molar-refractivity contribution in [1.82, 2.24) is 9.47 Å². The van der Waals surface area contributed by atoms with Crippen molar-refractivity contribution in [3.05, 3.63) is 51.1 Å². The van der Waals surface area contributed by atoms with Crippen molar-refractivity contribution < 1.29 is 13.9 Å². The van der Waals surface area contributed by atoms with E-state index >= 15 is 0 Å². The number of rotatable bonds is 2. The van der Waals surface area contributed by atoms with Crippen LogP contribution in [0.2, 0.25) is 0 Å². The molecule has 0 unspecified atom stereocenters. The number of aromatic nitrogens is 1. The number of pyridine rings is 1. The molecule has 0 bridgehead atoms. The largest absolute Gasteiger partial charge is 0.422 e. The van der Waals surface area contributed by atoms with Gasteiger partial charge in [-0.3, -0.25) is 4.79 Å². The van der Waals surface area contributed by atoms with Crippen LogP contribution >= 0.6 is 0 Å². The molecule has 3 rings (SSSR count). The highest BCUT2D eigenvalue weighted by Gasteiger charge is 2.19. The van der Waals surface area contributed by atoms with Gasteiger partial charge in [-0.1, -0.05) is 12.1 Å². The fraction of sp³-hybridized carbons (Fsp3) is 0.235. The topological polar surface area (TPSA) is 81.8 Å². The molecule has 0 atom stereocenters. The van der Waals surface area contributed by atoms with Gasteiger partial charge >= 0.3 is 11.7 Å². The van der Waals surface area contributed by atoms with Crippen LogP contribution < -0.4 is 15.9 Å². The fourth-order valence-electron chi connectivity index (χ4n) is 2.59. The van der Waals surface area contributed by atoms with E-state index < -0.39 is 11.7 Å². The first-order valence-electron chi connectivity index (χ1n) is 7.42. The quantitative estimate of drug-likeness (QED) is 0.674. The van der Waals surface area contributed by atoms with Crippen molar-refractivity contribution >= 4 is 28.0 Å². The molecule has 2 aromatic heterocycles. The van der Waals surface area contributed by atoms with Crippen LogP contribution in [0.1, 0.15) is 6.92 Å². The van der Waals surface area contributed by atoms with Gasteiger partial charge < -0.3 is 18.6 Å². The molecule has 1 aromatic carbocycles. The average molecular weight is 328 g/mol. The zero-order valence-corrected chi connectivity index (χ0v) is 13.5. The Morgan fingerprint density at radius 1 is 1.25 bits per heavy atom. The standard InChI is InChI=1S/C17H16N2O5/c1-4-19-11-8-6-5-7-10(11)15-14(16(19)21)12(9-13(20)24-15)23-17(22)18(2)3/h5-9H,4H2,1-3H3. The van der Waals surface area contributed by atoms with E-state index in [0.29, 0.717) is 17.4 Å². The highest BCUT2D eigenvalue weighted by Crippen LogP contribution is 2.27. The van der Waals surface area contributed by atoms with Crippen molar-refractivity contribution in [1.29, 1.82) is 0 Å². The van der Waals surface area contributed by atoms with E-state index in [9.17, 15) is 14.4 Å². The Morgan fingerprint density at radius 3 is 2.62 bits per heavy atom. The number of hydrogen-bond donors (Lipinski definition) is 0. The highest BCUT2D eigenvalue weighted by molar-refractivity contribution is 6.04. The molecular weight excluding hydrogens is 312 g/mol. The maximum atomic E-state index is 12.9. The van der Waals surface area contributed by atoms with E-state index in [1.807, 2.05) is 6.92 Å². The monoisotopic (exact) mass is 328 g/mol. The Kier molecular flexibility index (Phi) is 3.84. The minimum atomic E-state index is -0.692. The molecule has 24 heavy (non-hydrogen) atoms. The minimum Gasteiger partial charge on any atom is -0.422 e. The number of aryl methyl sites for hydroxylation is 1. The predicted octanol–water partition coefficient (Wildman–Crippen LogP) is 2.19. The summed E-state index contributed by atoms with van der Waals surface area (Å²) in [7, 11) is 3.02. The number of ether oxygens (including phenoxy) is 1. The molecule has 0 saturated carbocycles. The van der Waals surface area contributed by atoms with Crippen LogP contribution in [-0.2, 0) is 6.54 Å². The zero-order chi connectivity index (χ0) is 17.4. The Morgan fingerprint density at radius 2 is 1.96 bits per heavy atom. The third kappa shape index (κ3) is 2.44. The van der Waals surface area contributed by atoms with Gasteiger partial charge in [-0.2, -0.15) is 0 Å². The van der Waals surface area contributed by atoms with Crippen molar-refractivity contribution in [2.45, 2.75) is 13.5 Å². The Bertz CT molecular complexity index is 1060.